The van der Waals surface area contributed by atoms with Gasteiger partial charge in [-0.2, -0.15) is 0 Å². The smallest absolute Gasteiger partial charge is 0.255 e. The van der Waals surface area contributed by atoms with Crippen LogP contribution < -0.4 is 5.73 Å². The number of hydrogen-bond donors (Lipinski definition) is 2. The Morgan fingerprint density at radius 1 is 1.44 bits per heavy atom. The van der Waals surface area contributed by atoms with Crippen LogP contribution in [0.5, 0.6) is 0 Å². The summed E-state index contributed by atoms with van der Waals surface area (Å²) in [6.07, 6.45) is 1.08. The molecule has 1 aromatic rings. The molecule has 0 saturated carbocycles. The largest absolute Gasteiger partial charge is 0.398 e. The summed E-state index contributed by atoms with van der Waals surface area (Å²) in [7, 11) is 0. The number of nitrogen functional groups attached to an aromatic ring is 1. The summed E-state index contributed by atoms with van der Waals surface area (Å²) in [6.45, 7) is 2.74. The zero-order chi connectivity index (χ0) is 13.3. The first kappa shape index (κ1) is 12.8. The molecule has 98 valence electrons. The molecule has 3 N–H and O–H groups in total. The van der Waals surface area contributed by atoms with Crippen molar-refractivity contribution in [2.45, 2.75) is 25.4 Å². The summed E-state index contributed by atoms with van der Waals surface area (Å²) in [5.74, 6) is -0.659. The molecular formula is C13H17FN2O2. The number of rotatable bonds is 1. The van der Waals surface area contributed by atoms with Crippen molar-refractivity contribution in [1.29, 1.82) is 0 Å². The second-order valence-electron chi connectivity index (χ2n) is 5.02. The Balaban J connectivity index is 2.13. The lowest BCUT2D eigenvalue weighted by atomic mass is 9.93. The number of likely N-dealkylation sites (tertiary alicyclic amines) is 1. The number of halogens is 1. The first-order chi connectivity index (χ1) is 8.39. The SMILES string of the molecule is CC1(O)CCN(C(=O)c2ccc(F)cc2N)CC1. The zero-order valence-electron chi connectivity index (χ0n) is 10.3. The van der Waals surface area contributed by atoms with Gasteiger partial charge in [0.15, 0.2) is 0 Å². The van der Waals surface area contributed by atoms with Gasteiger partial charge in [-0.1, -0.05) is 0 Å². The summed E-state index contributed by atoms with van der Waals surface area (Å²) >= 11 is 0. The van der Waals surface area contributed by atoms with Crippen LogP contribution in [0.15, 0.2) is 18.2 Å². The van der Waals surface area contributed by atoms with Crippen LogP contribution in [0, 0.1) is 5.82 Å². The van der Waals surface area contributed by atoms with Crippen LogP contribution in [-0.2, 0) is 0 Å². The van der Waals surface area contributed by atoms with Gasteiger partial charge in [0, 0.05) is 18.8 Å². The molecule has 0 bridgehead atoms. The number of nitrogens with two attached hydrogens (primary N) is 1. The minimum atomic E-state index is -0.703. The fourth-order valence-corrected chi connectivity index (χ4v) is 2.09. The molecule has 2 rings (SSSR count). The number of nitrogens with zero attached hydrogens (tertiary/aromatic N) is 1. The van der Waals surface area contributed by atoms with E-state index >= 15 is 0 Å². The Kier molecular flexibility index (Phi) is 3.26. The second-order valence-corrected chi connectivity index (χ2v) is 5.02. The van der Waals surface area contributed by atoms with Crippen molar-refractivity contribution in [3.63, 3.8) is 0 Å². The summed E-state index contributed by atoms with van der Waals surface area (Å²) in [6, 6.07) is 3.77. The number of benzene rings is 1. The molecule has 0 spiro atoms. The van der Waals surface area contributed by atoms with Crippen molar-refractivity contribution in [2.75, 3.05) is 18.8 Å². The first-order valence-electron chi connectivity index (χ1n) is 5.96. The Bertz CT molecular complexity index is 464. The van der Waals surface area contributed by atoms with E-state index < -0.39 is 11.4 Å². The van der Waals surface area contributed by atoms with E-state index in [1.54, 1.807) is 11.8 Å². The highest BCUT2D eigenvalue weighted by molar-refractivity contribution is 5.99. The fourth-order valence-electron chi connectivity index (χ4n) is 2.09. The highest BCUT2D eigenvalue weighted by Gasteiger charge is 2.30. The third-order valence-corrected chi connectivity index (χ3v) is 3.37. The molecule has 1 aliphatic heterocycles. The van der Waals surface area contributed by atoms with Crippen LogP contribution in [0.4, 0.5) is 10.1 Å². The quantitative estimate of drug-likeness (QED) is 0.742. The minimum Gasteiger partial charge on any atom is -0.398 e. The third kappa shape index (κ3) is 2.61. The van der Waals surface area contributed by atoms with Gasteiger partial charge in [-0.3, -0.25) is 4.79 Å². The number of aliphatic hydroxyl groups is 1. The van der Waals surface area contributed by atoms with Crippen molar-refractivity contribution in [1.82, 2.24) is 4.90 Å². The van der Waals surface area contributed by atoms with E-state index in [2.05, 4.69) is 0 Å². The molecule has 0 unspecified atom stereocenters. The molecule has 1 aliphatic rings. The van der Waals surface area contributed by atoms with Gasteiger partial charge in [0.1, 0.15) is 5.82 Å². The zero-order valence-corrected chi connectivity index (χ0v) is 10.3. The van der Waals surface area contributed by atoms with Crippen molar-refractivity contribution < 1.29 is 14.3 Å². The minimum absolute atomic E-state index is 0.150. The molecule has 1 fully saturated rings. The van der Waals surface area contributed by atoms with Crippen LogP contribution in [0.2, 0.25) is 0 Å². The van der Waals surface area contributed by atoms with Crippen molar-refractivity contribution in [2.24, 2.45) is 0 Å². The Morgan fingerprint density at radius 3 is 2.61 bits per heavy atom. The Labute approximate surface area is 105 Å². The van der Waals surface area contributed by atoms with Crippen LogP contribution in [0.25, 0.3) is 0 Å². The fraction of sp³-hybridized carbons (Fsp3) is 0.462. The summed E-state index contributed by atoms with van der Waals surface area (Å²) in [4.78, 5) is 13.8. The van der Waals surface area contributed by atoms with E-state index in [4.69, 9.17) is 5.73 Å². The molecule has 1 amide bonds. The highest BCUT2D eigenvalue weighted by atomic mass is 19.1. The van der Waals surface area contributed by atoms with Gasteiger partial charge in [-0.05, 0) is 38.0 Å². The van der Waals surface area contributed by atoms with Crippen molar-refractivity contribution >= 4 is 11.6 Å². The summed E-state index contributed by atoms with van der Waals surface area (Å²) < 4.78 is 12.9. The van der Waals surface area contributed by atoms with E-state index in [9.17, 15) is 14.3 Å². The topological polar surface area (TPSA) is 66.6 Å². The average molecular weight is 252 g/mol. The van der Waals surface area contributed by atoms with Gasteiger partial charge in [0.05, 0.1) is 11.2 Å². The molecule has 0 atom stereocenters. The Hall–Kier alpha value is -1.62. The van der Waals surface area contributed by atoms with E-state index in [0.29, 0.717) is 31.5 Å². The van der Waals surface area contributed by atoms with Crippen LogP contribution >= 0.6 is 0 Å². The predicted molar refractivity (Wildman–Crippen MR) is 66.6 cm³/mol. The van der Waals surface area contributed by atoms with Gasteiger partial charge in [-0.25, -0.2) is 4.39 Å². The number of anilines is 1. The molecule has 0 aromatic heterocycles. The van der Waals surface area contributed by atoms with Gasteiger partial charge in [0.25, 0.3) is 5.91 Å². The number of amides is 1. The maximum atomic E-state index is 12.9. The average Bonchev–Trinajstić information content (AvgIpc) is 2.28. The van der Waals surface area contributed by atoms with E-state index in [1.807, 2.05) is 0 Å². The van der Waals surface area contributed by atoms with E-state index in [1.165, 1.54) is 12.1 Å². The molecular weight excluding hydrogens is 235 g/mol. The van der Waals surface area contributed by atoms with Crippen molar-refractivity contribution in [3.8, 4) is 0 Å². The third-order valence-electron chi connectivity index (χ3n) is 3.37. The van der Waals surface area contributed by atoms with Crippen molar-refractivity contribution in [3.05, 3.63) is 29.6 Å². The van der Waals surface area contributed by atoms with Crippen LogP contribution in [-0.4, -0.2) is 34.6 Å². The molecule has 5 heteroatoms. The maximum absolute atomic E-state index is 12.9. The first-order valence-corrected chi connectivity index (χ1v) is 5.96. The number of piperidine rings is 1. The van der Waals surface area contributed by atoms with E-state index in [0.717, 1.165) is 6.07 Å². The lowest BCUT2D eigenvalue weighted by molar-refractivity contribution is -0.00198. The van der Waals surface area contributed by atoms with Gasteiger partial charge < -0.3 is 15.7 Å². The van der Waals surface area contributed by atoms with Gasteiger partial charge in [0.2, 0.25) is 0 Å². The molecule has 1 saturated heterocycles. The van der Waals surface area contributed by atoms with Crippen LogP contribution in [0.3, 0.4) is 0 Å². The van der Waals surface area contributed by atoms with Gasteiger partial charge in [-0.15, -0.1) is 0 Å². The lowest BCUT2D eigenvalue weighted by Crippen LogP contribution is -2.45. The van der Waals surface area contributed by atoms with Gasteiger partial charge >= 0.3 is 0 Å². The number of carbonyl (C=O) groups is 1. The molecule has 1 aromatic carbocycles. The molecule has 1 heterocycles. The summed E-state index contributed by atoms with van der Waals surface area (Å²) in [5.41, 5.74) is 5.41. The van der Waals surface area contributed by atoms with E-state index in [-0.39, 0.29) is 11.6 Å². The summed E-state index contributed by atoms with van der Waals surface area (Å²) in [5, 5.41) is 9.82. The normalized spacial score (nSPS) is 18.7. The highest BCUT2D eigenvalue weighted by Crippen LogP contribution is 2.24. The monoisotopic (exact) mass is 252 g/mol. The lowest BCUT2D eigenvalue weighted by Gasteiger charge is -2.35. The Morgan fingerprint density at radius 2 is 2.06 bits per heavy atom. The standard InChI is InChI=1S/C13H17FN2O2/c1-13(18)4-6-16(7-5-13)12(17)10-3-2-9(14)8-11(10)15/h2-3,8,18H,4-7,15H2,1H3. The molecule has 18 heavy (non-hydrogen) atoms. The maximum Gasteiger partial charge on any atom is 0.255 e. The number of hydrogen-bond acceptors (Lipinski definition) is 3. The predicted octanol–water partition coefficient (Wildman–Crippen LogP) is 1.39. The molecule has 0 aliphatic carbocycles. The van der Waals surface area contributed by atoms with Crippen LogP contribution in [0.1, 0.15) is 30.1 Å². The molecule has 0 radical (unpaired) electrons. The second kappa shape index (κ2) is 4.57. The molecule has 4 nitrogen and oxygen atoms in total. The number of carbonyl (C=O) groups excluding carboxylic acids is 1.